The standard InChI is InChI=1S/C10H18O3/c1-2-4-8(10(11)12)7-9-5-3-6-13-9/h8-9H,2-7H2,1H3,(H,11,12). The fourth-order valence-electron chi connectivity index (χ4n) is 1.84. The first-order chi connectivity index (χ1) is 6.24. The maximum atomic E-state index is 10.8. The molecule has 1 aliphatic rings. The lowest BCUT2D eigenvalue weighted by Crippen LogP contribution is -2.20. The number of ether oxygens (including phenoxy) is 1. The Kier molecular flexibility index (Phi) is 4.22. The van der Waals surface area contributed by atoms with Gasteiger partial charge in [-0.2, -0.15) is 0 Å². The predicted molar refractivity (Wildman–Crippen MR) is 49.6 cm³/mol. The van der Waals surface area contributed by atoms with Crippen LogP contribution in [0.15, 0.2) is 0 Å². The zero-order valence-electron chi connectivity index (χ0n) is 8.16. The van der Waals surface area contributed by atoms with Crippen molar-refractivity contribution in [3.8, 4) is 0 Å². The van der Waals surface area contributed by atoms with Crippen molar-refractivity contribution in [3.63, 3.8) is 0 Å². The minimum absolute atomic E-state index is 0.201. The predicted octanol–water partition coefficient (Wildman–Crippen LogP) is 2.06. The molecular weight excluding hydrogens is 168 g/mol. The average molecular weight is 186 g/mol. The van der Waals surface area contributed by atoms with Gasteiger partial charge in [0, 0.05) is 6.61 Å². The van der Waals surface area contributed by atoms with Gasteiger partial charge >= 0.3 is 5.97 Å². The van der Waals surface area contributed by atoms with Crippen LogP contribution >= 0.6 is 0 Å². The lowest BCUT2D eigenvalue weighted by atomic mass is 9.96. The maximum Gasteiger partial charge on any atom is 0.306 e. The van der Waals surface area contributed by atoms with E-state index >= 15 is 0 Å². The van der Waals surface area contributed by atoms with Gasteiger partial charge in [-0.25, -0.2) is 0 Å². The molecular formula is C10H18O3. The first-order valence-corrected chi connectivity index (χ1v) is 5.08. The summed E-state index contributed by atoms with van der Waals surface area (Å²) in [6, 6.07) is 0. The Morgan fingerprint density at radius 1 is 1.69 bits per heavy atom. The molecule has 0 amide bonds. The molecule has 3 nitrogen and oxygen atoms in total. The van der Waals surface area contributed by atoms with E-state index in [1.807, 2.05) is 6.92 Å². The summed E-state index contributed by atoms with van der Waals surface area (Å²) >= 11 is 0. The Balaban J connectivity index is 2.32. The highest BCUT2D eigenvalue weighted by Crippen LogP contribution is 2.22. The minimum atomic E-state index is -0.669. The summed E-state index contributed by atoms with van der Waals surface area (Å²) in [6.45, 7) is 2.83. The van der Waals surface area contributed by atoms with E-state index in [9.17, 15) is 4.79 Å². The van der Waals surface area contributed by atoms with Gasteiger partial charge in [0.05, 0.1) is 12.0 Å². The first kappa shape index (κ1) is 10.5. The van der Waals surface area contributed by atoms with E-state index in [-0.39, 0.29) is 12.0 Å². The van der Waals surface area contributed by atoms with Crippen molar-refractivity contribution in [1.29, 1.82) is 0 Å². The van der Waals surface area contributed by atoms with Crippen molar-refractivity contribution < 1.29 is 14.6 Å². The smallest absolute Gasteiger partial charge is 0.306 e. The lowest BCUT2D eigenvalue weighted by molar-refractivity contribution is -0.143. The summed E-state index contributed by atoms with van der Waals surface area (Å²) < 4.78 is 5.42. The second-order valence-corrected chi connectivity index (χ2v) is 3.69. The minimum Gasteiger partial charge on any atom is -0.481 e. The Bertz CT molecular complexity index is 162. The van der Waals surface area contributed by atoms with Crippen molar-refractivity contribution in [2.45, 2.75) is 45.1 Å². The summed E-state index contributed by atoms with van der Waals surface area (Å²) in [5.41, 5.74) is 0. The summed E-state index contributed by atoms with van der Waals surface area (Å²) in [7, 11) is 0. The molecule has 0 aromatic heterocycles. The van der Waals surface area contributed by atoms with Crippen LogP contribution in [0, 0.1) is 5.92 Å². The van der Waals surface area contributed by atoms with Crippen LogP contribution in [-0.2, 0) is 9.53 Å². The molecule has 76 valence electrons. The van der Waals surface area contributed by atoms with Crippen LogP contribution in [0.5, 0.6) is 0 Å². The third kappa shape index (κ3) is 3.35. The van der Waals surface area contributed by atoms with E-state index < -0.39 is 5.97 Å². The van der Waals surface area contributed by atoms with Gasteiger partial charge in [-0.1, -0.05) is 13.3 Å². The van der Waals surface area contributed by atoms with E-state index in [1.165, 1.54) is 0 Å². The van der Waals surface area contributed by atoms with Gasteiger partial charge in [0.15, 0.2) is 0 Å². The molecule has 0 bridgehead atoms. The lowest BCUT2D eigenvalue weighted by Gasteiger charge is -2.15. The number of hydrogen-bond donors (Lipinski definition) is 1. The molecule has 1 saturated heterocycles. The average Bonchev–Trinajstić information content (AvgIpc) is 2.56. The molecule has 0 aromatic rings. The quantitative estimate of drug-likeness (QED) is 0.714. The van der Waals surface area contributed by atoms with E-state index in [0.717, 1.165) is 32.3 Å². The Labute approximate surface area is 79.1 Å². The zero-order valence-corrected chi connectivity index (χ0v) is 8.16. The molecule has 1 heterocycles. The SMILES string of the molecule is CCCC(CC1CCCO1)C(=O)O. The van der Waals surface area contributed by atoms with E-state index in [0.29, 0.717) is 6.42 Å². The van der Waals surface area contributed by atoms with Gasteiger partial charge in [-0.05, 0) is 25.7 Å². The largest absolute Gasteiger partial charge is 0.481 e. The Hall–Kier alpha value is -0.570. The van der Waals surface area contributed by atoms with Crippen LogP contribution in [-0.4, -0.2) is 23.8 Å². The van der Waals surface area contributed by atoms with E-state index in [1.54, 1.807) is 0 Å². The summed E-state index contributed by atoms with van der Waals surface area (Å²) in [4.78, 5) is 10.8. The Morgan fingerprint density at radius 2 is 2.46 bits per heavy atom. The topological polar surface area (TPSA) is 46.5 Å². The van der Waals surface area contributed by atoms with E-state index in [2.05, 4.69) is 0 Å². The monoisotopic (exact) mass is 186 g/mol. The fraction of sp³-hybridized carbons (Fsp3) is 0.900. The molecule has 1 aliphatic heterocycles. The van der Waals surface area contributed by atoms with Gasteiger partial charge in [0.25, 0.3) is 0 Å². The fourth-order valence-corrected chi connectivity index (χ4v) is 1.84. The molecule has 3 heteroatoms. The zero-order chi connectivity index (χ0) is 9.68. The summed E-state index contributed by atoms with van der Waals surface area (Å²) in [5.74, 6) is -0.870. The van der Waals surface area contributed by atoms with Crippen molar-refractivity contribution in [3.05, 3.63) is 0 Å². The molecule has 1 fully saturated rings. The maximum absolute atomic E-state index is 10.8. The Morgan fingerprint density at radius 3 is 2.92 bits per heavy atom. The number of rotatable bonds is 5. The van der Waals surface area contributed by atoms with Crippen LogP contribution in [0.4, 0.5) is 0 Å². The van der Waals surface area contributed by atoms with Gasteiger partial charge in [0.2, 0.25) is 0 Å². The van der Waals surface area contributed by atoms with Crippen molar-refractivity contribution in [2.24, 2.45) is 5.92 Å². The molecule has 0 aliphatic carbocycles. The number of aliphatic carboxylic acids is 1. The molecule has 1 rings (SSSR count). The second-order valence-electron chi connectivity index (χ2n) is 3.69. The molecule has 0 saturated carbocycles. The second kappa shape index (κ2) is 5.22. The number of carboxylic acids is 1. The number of carboxylic acid groups (broad SMARTS) is 1. The van der Waals surface area contributed by atoms with Crippen LogP contribution in [0.25, 0.3) is 0 Å². The van der Waals surface area contributed by atoms with E-state index in [4.69, 9.17) is 9.84 Å². The van der Waals surface area contributed by atoms with Crippen LogP contribution in [0.2, 0.25) is 0 Å². The molecule has 13 heavy (non-hydrogen) atoms. The van der Waals surface area contributed by atoms with Crippen molar-refractivity contribution in [1.82, 2.24) is 0 Å². The van der Waals surface area contributed by atoms with Gasteiger partial charge in [0.1, 0.15) is 0 Å². The highest BCUT2D eigenvalue weighted by molar-refractivity contribution is 5.69. The first-order valence-electron chi connectivity index (χ1n) is 5.08. The highest BCUT2D eigenvalue weighted by Gasteiger charge is 2.24. The molecule has 0 spiro atoms. The number of hydrogen-bond acceptors (Lipinski definition) is 2. The molecule has 0 radical (unpaired) electrons. The highest BCUT2D eigenvalue weighted by atomic mass is 16.5. The molecule has 2 unspecified atom stereocenters. The number of carbonyl (C=O) groups is 1. The van der Waals surface area contributed by atoms with Gasteiger partial charge in [-0.3, -0.25) is 4.79 Å². The normalized spacial score (nSPS) is 24.5. The van der Waals surface area contributed by atoms with Crippen LogP contribution in [0.3, 0.4) is 0 Å². The molecule has 1 N–H and O–H groups in total. The summed E-state index contributed by atoms with van der Waals surface area (Å²) in [5, 5.41) is 8.91. The summed E-state index contributed by atoms with van der Waals surface area (Å²) in [6.07, 6.45) is 4.73. The van der Waals surface area contributed by atoms with Crippen LogP contribution in [0.1, 0.15) is 39.0 Å². The third-order valence-corrected chi connectivity index (χ3v) is 2.56. The van der Waals surface area contributed by atoms with Crippen LogP contribution < -0.4 is 0 Å². The van der Waals surface area contributed by atoms with Crippen molar-refractivity contribution in [2.75, 3.05) is 6.61 Å². The molecule has 0 aromatic carbocycles. The van der Waals surface area contributed by atoms with Gasteiger partial charge in [-0.15, -0.1) is 0 Å². The third-order valence-electron chi connectivity index (χ3n) is 2.56. The molecule has 2 atom stereocenters. The van der Waals surface area contributed by atoms with Gasteiger partial charge < -0.3 is 9.84 Å². The van der Waals surface area contributed by atoms with Crippen molar-refractivity contribution >= 4 is 5.97 Å².